The molecule has 4 rings (SSSR count). The molecule has 3 heteroatoms. The van der Waals surface area contributed by atoms with Crippen LogP contribution in [0.25, 0.3) is 20.8 Å². The third-order valence-electron chi connectivity index (χ3n) is 4.75. The van der Waals surface area contributed by atoms with Gasteiger partial charge in [0.25, 0.3) is 0 Å². The van der Waals surface area contributed by atoms with Crippen LogP contribution >= 0.6 is 11.3 Å². The first-order valence-electron chi connectivity index (χ1n) is 8.62. The van der Waals surface area contributed by atoms with E-state index in [1.807, 2.05) is 92.7 Å². The number of carbonyl (C=O) groups is 1. The van der Waals surface area contributed by atoms with E-state index in [1.165, 1.54) is 0 Å². The van der Waals surface area contributed by atoms with Crippen LogP contribution in [0, 0.1) is 0 Å². The van der Waals surface area contributed by atoms with Crippen LogP contribution < -0.4 is 0 Å². The Kier molecular flexibility index (Phi) is 4.17. The van der Waals surface area contributed by atoms with Gasteiger partial charge in [0.2, 0.25) is 0 Å². The van der Waals surface area contributed by atoms with E-state index in [1.54, 1.807) is 11.3 Å². The third-order valence-corrected chi connectivity index (χ3v) is 5.82. The Hall–Kier alpha value is -2.78. The van der Waals surface area contributed by atoms with Crippen molar-refractivity contribution in [3.63, 3.8) is 0 Å². The zero-order valence-corrected chi connectivity index (χ0v) is 15.6. The number of hydrogen-bond acceptors (Lipinski definition) is 3. The summed E-state index contributed by atoms with van der Waals surface area (Å²) in [5, 5.41) is 0.943. The highest BCUT2D eigenvalue weighted by Gasteiger charge is 2.32. The summed E-state index contributed by atoms with van der Waals surface area (Å²) in [7, 11) is 0. The van der Waals surface area contributed by atoms with Gasteiger partial charge in [-0.15, -0.1) is 11.3 Å². The van der Waals surface area contributed by atoms with Gasteiger partial charge in [0, 0.05) is 11.1 Å². The van der Waals surface area contributed by atoms with Gasteiger partial charge in [-0.3, -0.25) is 4.79 Å². The van der Waals surface area contributed by atoms with Gasteiger partial charge in [0.1, 0.15) is 5.01 Å². The number of aromatic nitrogens is 1. The molecule has 2 nitrogen and oxygen atoms in total. The molecule has 0 radical (unpaired) electrons. The van der Waals surface area contributed by atoms with E-state index >= 15 is 0 Å². The van der Waals surface area contributed by atoms with Gasteiger partial charge < -0.3 is 0 Å². The number of rotatable bonds is 4. The average Bonchev–Trinajstić information content (AvgIpc) is 3.13. The highest BCUT2D eigenvalue weighted by Crippen LogP contribution is 2.35. The highest BCUT2D eigenvalue weighted by atomic mass is 32.1. The topological polar surface area (TPSA) is 30.0 Å². The molecule has 3 aromatic carbocycles. The van der Waals surface area contributed by atoms with Crippen LogP contribution in [0.2, 0.25) is 0 Å². The molecule has 0 amide bonds. The van der Waals surface area contributed by atoms with Crippen LogP contribution in [0.15, 0.2) is 78.9 Å². The second-order valence-corrected chi connectivity index (χ2v) is 7.89. The molecule has 0 bridgehead atoms. The maximum absolute atomic E-state index is 13.4. The van der Waals surface area contributed by atoms with Gasteiger partial charge >= 0.3 is 0 Å². The summed E-state index contributed by atoms with van der Waals surface area (Å²) in [5.41, 5.74) is 2.97. The number of Topliss-reactive ketones (excluding diaryl/α,β-unsaturated/α-hetero) is 1. The Morgan fingerprint density at radius 1 is 0.846 bits per heavy atom. The first kappa shape index (κ1) is 16.7. The average molecular weight is 357 g/mol. The normalized spacial score (nSPS) is 11.6. The van der Waals surface area contributed by atoms with Crippen molar-refractivity contribution in [2.24, 2.45) is 0 Å². The number of hydrogen-bond donors (Lipinski definition) is 0. The minimum absolute atomic E-state index is 0.0965. The first-order valence-corrected chi connectivity index (χ1v) is 9.44. The fraction of sp³-hybridized carbons (Fsp3) is 0.130. The molecular formula is C23H19NOS. The standard InChI is InChI=1S/C23H19NOS/c1-23(2,17-12-7-4-8-13-17)21(25)18-14-9-15-19-20(18)24-22(26-19)16-10-5-3-6-11-16/h3-15H,1-2H3. The minimum Gasteiger partial charge on any atom is -0.293 e. The van der Waals surface area contributed by atoms with Crippen LogP contribution in [0.1, 0.15) is 29.8 Å². The van der Waals surface area contributed by atoms with Crippen LogP contribution in [0.4, 0.5) is 0 Å². The van der Waals surface area contributed by atoms with Crippen LogP contribution in [-0.4, -0.2) is 10.8 Å². The lowest BCUT2D eigenvalue weighted by Gasteiger charge is -2.24. The van der Waals surface area contributed by atoms with Crippen molar-refractivity contribution in [1.29, 1.82) is 0 Å². The fourth-order valence-corrected chi connectivity index (χ4v) is 4.16. The zero-order chi connectivity index (χ0) is 18.1. The number of fused-ring (bicyclic) bond motifs is 1. The SMILES string of the molecule is CC(C)(C(=O)c1cccc2sc(-c3ccccc3)nc12)c1ccccc1. The largest absolute Gasteiger partial charge is 0.293 e. The van der Waals surface area contributed by atoms with Gasteiger partial charge in [0.05, 0.1) is 15.6 Å². The molecule has 0 aliphatic rings. The van der Waals surface area contributed by atoms with E-state index in [0.29, 0.717) is 5.56 Å². The monoisotopic (exact) mass is 357 g/mol. The zero-order valence-electron chi connectivity index (χ0n) is 14.8. The Bertz CT molecular complexity index is 1070. The molecule has 4 aromatic rings. The number of benzene rings is 3. The fourth-order valence-electron chi connectivity index (χ4n) is 3.16. The lowest BCUT2D eigenvalue weighted by molar-refractivity contribution is 0.0910. The Labute approximate surface area is 157 Å². The summed E-state index contributed by atoms with van der Waals surface area (Å²) in [4.78, 5) is 18.2. The van der Waals surface area contributed by atoms with Crippen LogP contribution in [-0.2, 0) is 5.41 Å². The lowest BCUT2D eigenvalue weighted by Crippen LogP contribution is -2.29. The summed E-state index contributed by atoms with van der Waals surface area (Å²) < 4.78 is 1.04. The van der Waals surface area contributed by atoms with Gasteiger partial charge in [-0.05, 0) is 31.5 Å². The number of carbonyl (C=O) groups excluding carboxylic acids is 1. The van der Waals surface area contributed by atoms with E-state index in [-0.39, 0.29) is 5.78 Å². The highest BCUT2D eigenvalue weighted by molar-refractivity contribution is 7.21. The van der Waals surface area contributed by atoms with Crippen molar-refractivity contribution < 1.29 is 4.79 Å². The summed E-state index contributed by atoms with van der Waals surface area (Å²) in [6, 6.07) is 25.9. The lowest BCUT2D eigenvalue weighted by atomic mass is 9.78. The number of thiazole rings is 1. The Balaban J connectivity index is 1.82. The summed E-state index contributed by atoms with van der Waals surface area (Å²) in [6.45, 7) is 3.96. The van der Waals surface area contributed by atoms with E-state index in [2.05, 4.69) is 0 Å². The maximum atomic E-state index is 13.4. The third kappa shape index (κ3) is 2.85. The van der Waals surface area contributed by atoms with Gasteiger partial charge in [0.15, 0.2) is 5.78 Å². The van der Waals surface area contributed by atoms with Crippen molar-refractivity contribution in [3.8, 4) is 10.6 Å². The van der Waals surface area contributed by atoms with E-state index in [0.717, 1.165) is 26.4 Å². The van der Waals surface area contributed by atoms with Gasteiger partial charge in [-0.1, -0.05) is 66.7 Å². The number of ketones is 1. The van der Waals surface area contributed by atoms with E-state index in [9.17, 15) is 4.79 Å². The van der Waals surface area contributed by atoms with E-state index < -0.39 is 5.41 Å². The number of para-hydroxylation sites is 1. The second kappa shape index (κ2) is 6.50. The molecule has 26 heavy (non-hydrogen) atoms. The molecule has 0 saturated heterocycles. The molecule has 1 heterocycles. The van der Waals surface area contributed by atoms with Crippen molar-refractivity contribution in [3.05, 3.63) is 90.0 Å². The summed E-state index contributed by atoms with van der Waals surface area (Å²) in [5.74, 6) is 0.0965. The quantitative estimate of drug-likeness (QED) is 0.412. The molecule has 0 saturated carbocycles. The summed E-state index contributed by atoms with van der Waals surface area (Å²) in [6.07, 6.45) is 0. The van der Waals surface area contributed by atoms with Crippen molar-refractivity contribution >= 4 is 27.3 Å². The molecular weight excluding hydrogens is 338 g/mol. The predicted molar refractivity (Wildman–Crippen MR) is 109 cm³/mol. The van der Waals surface area contributed by atoms with Crippen LogP contribution in [0.5, 0.6) is 0 Å². The molecule has 0 unspecified atom stereocenters. The molecule has 128 valence electrons. The van der Waals surface area contributed by atoms with Gasteiger partial charge in [-0.25, -0.2) is 4.98 Å². The summed E-state index contributed by atoms with van der Waals surface area (Å²) >= 11 is 1.63. The molecule has 0 aliphatic carbocycles. The molecule has 0 fully saturated rings. The van der Waals surface area contributed by atoms with Crippen molar-refractivity contribution in [1.82, 2.24) is 4.98 Å². The van der Waals surface area contributed by atoms with Crippen molar-refractivity contribution in [2.45, 2.75) is 19.3 Å². The molecule has 0 aliphatic heterocycles. The smallest absolute Gasteiger partial charge is 0.175 e. The minimum atomic E-state index is -0.605. The van der Waals surface area contributed by atoms with Crippen molar-refractivity contribution in [2.75, 3.05) is 0 Å². The number of nitrogens with zero attached hydrogens (tertiary/aromatic N) is 1. The van der Waals surface area contributed by atoms with Crippen LogP contribution in [0.3, 0.4) is 0 Å². The molecule has 0 atom stereocenters. The Morgan fingerprint density at radius 2 is 1.50 bits per heavy atom. The Morgan fingerprint density at radius 3 is 2.19 bits per heavy atom. The first-order chi connectivity index (χ1) is 12.6. The van der Waals surface area contributed by atoms with Gasteiger partial charge in [-0.2, -0.15) is 0 Å². The second-order valence-electron chi connectivity index (χ2n) is 6.86. The molecule has 0 spiro atoms. The molecule has 0 N–H and O–H groups in total. The predicted octanol–water partition coefficient (Wildman–Crippen LogP) is 6.12. The molecule has 1 aromatic heterocycles. The van der Waals surface area contributed by atoms with E-state index in [4.69, 9.17) is 4.98 Å². The maximum Gasteiger partial charge on any atom is 0.175 e.